The predicted molar refractivity (Wildman–Crippen MR) is 77.3 cm³/mol. The quantitative estimate of drug-likeness (QED) is 0.618. The smallest absolute Gasteiger partial charge is 0.225 e. The zero-order valence-corrected chi connectivity index (χ0v) is 11.9. The molecule has 0 radical (unpaired) electrons. The molecule has 0 aromatic heterocycles. The van der Waals surface area contributed by atoms with Crippen LogP contribution in [0.15, 0.2) is 0 Å². The molecule has 3 nitrogen and oxygen atoms in total. The second kappa shape index (κ2) is 6.50. The van der Waals surface area contributed by atoms with Gasteiger partial charge in [0.2, 0.25) is 5.91 Å². The van der Waals surface area contributed by atoms with Crippen molar-refractivity contribution in [1.82, 2.24) is 4.90 Å². The molecule has 102 valence electrons. The summed E-state index contributed by atoms with van der Waals surface area (Å²) in [7, 11) is 0. The number of nitrogens with two attached hydrogens (primary N) is 1. The summed E-state index contributed by atoms with van der Waals surface area (Å²) in [6.07, 6.45) is 9.24. The van der Waals surface area contributed by atoms with Crippen LogP contribution in [0.4, 0.5) is 0 Å². The number of carbonyl (C=O) groups excluding carboxylic acids is 1. The number of hydrogen-bond acceptors (Lipinski definition) is 2. The fourth-order valence-electron chi connectivity index (χ4n) is 3.19. The Hall–Kier alpha value is -0.640. The molecule has 1 amide bonds. The molecule has 0 bridgehead atoms. The molecular weight excluding hydrogens is 244 g/mol. The molecule has 2 N–H and O–H groups in total. The van der Waals surface area contributed by atoms with Gasteiger partial charge in [0.15, 0.2) is 0 Å². The fraction of sp³-hybridized carbons (Fsp3) is 0.857. The number of carbonyl (C=O) groups is 1. The Morgan fingerprint density at radius 3 is 2.22 bits per heavy atom. The van der Waals surface area contributed by atoms with Crippen LogP contribution in [-0.4, -0.2) is 28.9 Å². The molecule has 1 saturated carbocycles. The molecule has 4 heteroatoms. The SMILES string of the molecule is NC(=S)C1CCCN(C(=O)C2CCCCCC2)C1. The second-order valence-electron chi connectivity index (χ2n) is 5.71. The van der Waals surface area contributed by atoms with Crippen molar-refractivity contribution in [2.45, 2.75) is 51.4 Å². The van der Waals surface area contributed by atoms with Gasteiger partial charge in [0.05, 0.1) is 4.99 Å². The number of amides is 1. The minimum atomic E-state index is 0.239. The maximum absolute atomic E-state index is 12.5. The summed E-state index contributed by atoms with van der Waals surface area (Å²) < 4.78 is 0. The van der Waals surface area contributed by atoms with E-state index in [0.717, 1.165) is 38.8 Å². The Labute approximate surface area is 115 Å². The van der Waals surface area contributed by atoms with E-state index in [1.165, 1.54) is 25.7 Å². The van der Waals surface area contributed by atoms with Gasteiger partial charge in [-0.15, -0.1) is 0 Å². The maximum atomic E-state index is 12.5. The van der Waals surface area contributed by atoms with Gasteiger partial charge in [-0.1, -0.05) is 37.9 Å². The van der Waals surface area contributed by atoms with Crippen molar-refractivity contribution in [3.8, 4) is 0 Å². The van der Waals surface area contributed by atoms with Crippen molar-refractivity contribution < 1.29 is 4.79 Å². The van der Waals surface area contributed by atoms with Gasteiger partial charge in [-0.3, -0.25) is 4.79 Å². The minimum absolute atomic E-state index is 0.239. The van der Waals surface area contributed by atoms with Gasteiger partial charge in [-0.25, -0.2) is 0 Å². The highest BCUT2D eigenvalue weighted by Crippen LogP contribution is 2.26. The van der Waals surface area contributed by atoms with Crippen LogP contribution in [0.1, 0.15) is 51.4 Å². The summed E-state index contributed by atoms with van der Waals surface area (Å²) in [6, 6.07) is 0. The van der Waals surface area contributed by atoms with E-state index in [9.17, 15) is 4.79 Å². The van der Waals surface area contributed by atoms with Crippen molar-refractivity contribution in [2.24, 2.45) is 17.6 Å². The number of likely N-dealkylation sites (tertiary alicyclic amines) is 1. The molecule has 0 aromatic rings. The van der Waals surface area contributed by atoms with Crippen LogP contribution in [-0.2, 0) is 4.79 Å². The van der Waals surface area contributed by atoms with Gasteiger partial charge in [0.1, 0.15) is 0 Å². The molecule has 1 unspecified atom stereocenters. The zero-order chi connectivity index (χ0) is 13.0. The van der Waals surface area contributed by atoms with E-state index in [-0.39, 0.29) is 11.8 Å². The van der Waals surface area contributed by atoms with Crippen LogP contribution in [0.2, 0.25) is 0 Å². The fourth-order valence-corrected chi connectivity index (χ4v) is 3.39. The Morgan fingerprint density at radius 1 is 1.00 bits per heavy atom. The third-order valence-electron chi connectivity index (χ3n) is 4.34. The lowest BCUT2D eigenvalue weighted by Crippen LogP contribution is -2.45. The Balaban J connectivity index is 1.92. The molecule has 1 heterocycles. The molecule has 1 saturated heterocycles. The lowest BCUT2D eigenvalue weighted by atomic mass is 9.94. The summed E-state index contributed by atoms with van der Waals surface area (Å²) in [5, 5.41) is 0. The molecule has 2 fully saturated rings. The second-order valence-corrected chi connectivity index (χ2v) is 6.19. The number of rotatable bonds is 2. The van der Waals surface area contributed by atoms with E-state index in [2.05, 4.69) is 0 Å². The van der Waals surface area contributed by atoms with Crippen molar-refractivity contribution in [1.29, 1.82) is 0 Å². The first kappa shape index (κ1) is 13.8. The van der Waals surface area contributed by atoms with E-state index in [1.807, 2.05) is 4.90 Å². The maximum Gasteiger partial charge on any atom is 0.225 e. The van der Waals surface area contributed by atoms with Gasteiger partial charge in [-0.05, 0) is 25.7 Å². The van der Waals surface area contributed by atoms with Crippen LogP contribution in [0.5, 0.6) is 0 Å². The van der Waals surface area contributed by atoms with E-state index in [0.29, 0.717) is 10.9 Å². The van der Waals surface area contributed by atoms with Gasteiger partial charge in [-0.2, -0.15) is 0 Å². The first-order valence-corrected chi connectivity index (χ1v) is 7.67. The minimum Gasteiger partial charge on any atom is -0.393 e. The van der Waals surface area contributed by atoms with Crippen LogP contribution in [0.25, 0.3) is 0 Å². The van der Waals surface area contributed by atoms with Gasteiger partial charge in [0, 0.05) is 24.9 Å². The number of hydrogen-bond donors (Lipinski definition) is 1. The van der Waals surface area contributed by atoms with E-state index in [1.54, 1.807) is 0 Å². The van der Waals surface area contributed by atoms with E-state index in [4.69, 9.17) is 18.0 Å². The standard InChI is InChI=1S/C14H24N2OS/c15-13(18)12-8-5-9-16(10-12)14(17)11-6-3-1-2-4-7-11/h11-12H,1-10H2,(H2,15,18). The highest BCUT2D eigenvalue weighted by atomic mass is 32.1. The zero-order valence-electron chi connectivity index (χ0n) is 11.1. The van der Waals surface area contributed by atoms with Gasteiger partial charge >= 0.3 is 0 Å². The summed E-state index contributed by atoms with van der Waals surface area (Å²) in [4.78, 5) is 15.1. The molecule has 2 rings (SSSR count). The monoisotopic (exact) mass is 268 g/mol. The van der Waals surface area contributed by atoms with Crippen LogP contribution >= 0.6 is 12.2 Å². The summed E-state index contributed by atoms with van der Waals surface area (Å²) in [6.45, 7) is 1.65. The topological polar surface area (TPSA) is 46.3 Å². The average molecular weight is 268 g/mol. The lowest BCUT2D eigenvalue weighted by Gasteiger charge is -2.34. The highest BCUT2D eigenvalue weighted by molar-refractivity contribution is 7.80. The third-order valence-corrected chi connectivity index (χ3v) is 4.67. The molecule has 0 aromatic carbocycles. The molecule has 1 atom stereocenters. The van der Waals surface area contributed by atoms with Gasteiger partial charge < -0.3 is 10.6 Å². The van der Waals surface area contributed by atoms with Crippen molar-refractivity contribution in [2.75, 3.05) is 13.1 Å². The summed E-state index contributed by atoms with van der Waals surface area (Å²) in [5.41, 5.74) is 5.73. The van der Waals surface area contributed by atoms with Gasteiger partial charge in [0.25, 0.3) is 0 Å². The molecular formula is C14H24N2OS. The van der Waals surface area contributed by atoms with Crippen LogP contribution in [0.3, 0.4) is 0 Å². The van der Waals surface area contributed by atoms with Crippen molar-refractivity contribution in [3.05, 3.63) is 0 Å². The first-order chi connectivity index (χ1) is 8.68. The third kappa shape index (κ3) is 3.44. The normalized spacial score (nSPS) is 26.7. The molecule has 2 aliphatic rings. The molecule has 1 aliphatic carbocycles. The highest BCUT2D eigenvalue weighted by Gasteiger charge is 2.29. The molecule has 18 heavy (non-hydrogen) atoms. The Bertz CT molecular complexity index is 311. The Kier molecular flexibility index (Phi) is 4.98. The van der Waals surface area contributed by atoms with E-state index >= 15 is 0 Å². The van der Waals surface area contributed by atoms with Crippen molar-refractivity contribution in [3.63, 3.8) is 0 Å². The summed E-state index contributed by atoms with van der Waals surface area (Å²) in [5.74, 6) is 0.860. The first-order valence-electron chi connectivity index (χ1n) is 7.26. The Morgan fingerprint density at radius 2 is 1.61 bits per heavy atom. The average Bonchev–Trinajstić information content (AvgIpc) is 2.67. The predicted octanol–water partition coefficient (Wildman–Crippen LogP) is 2.48. The molecule has 1 aliphatic heterocycles. The molecule has 0 spiro atoms. The van der Waals surface area contributed by atoms with Crippen LogP contribution < -0.4 is 5.73 Å². The number of piperidine rings is 1. The number of nitrogens with zero attached hydrogens (tertiary/aromatic N) is 1. The number of thiocarbonyl (C=S) groups is 1. The van der Waals surface area contributed by atoms with Crippen molar-refractivity contribution >= 4 is 23.1 Å². The van der Waals surface area contributed by atoms with Crippen LogP contribution in [0, 0.1) is 11.8 Å². The largest absolute Gasteiger partial charge is 0.393 e. The lowest BCUT2D eigenvalue weighted by molar-refractivity contribution is -0.137. The summed E-state index contributed by atoms with van der Waals surface area (Å²) >= 11 is 5.07. The van der Waals surface area contributed by atoms with E-state index < -0.39 is 0 Å².